The van der Waals surface area contributed by atoms with E-state index in [1.165, 1.54) is 16.0 Å². The summed E-state index contributed by atoms with van der Waals surface area (Å²) in [6, 6.07) is 12.7. The van der Waals surface area contributed by atoms with Crippen LogP contribution in [0, 0.1) is 4.91 Å². The summed E-state index contributed by atoms with van der Waals surface area (Å²) in [5, 5.41) is 3.06. The molecule has 1 fully saturated rings. The van der Waals surface area contributed by atoms with Crippen LogP contribution >= 0.6 is 11.3 Å². The van der Waals surface area contributed by atoms with Crippen molar-refractivity contribution in [3.05, 3.63) is 62.2 Å². The zero-order valence-electron chi connectivity index (χ0n) is 15.0. The first-order valence-electron chi connectivity index (χ1n) is 9.10. The monoisotopic (exact) mass is 372 g/mol. The minimum atomic E-state index is -0.293. The van der Waals surface area contributed by atoms with Gasteiger partial charge in [0, 0.05) is 42.9 Å². The first-order chi connectivity index (χ1) is 12.7. The Morgan fingerprint density at radius 2 is 2.08 bits per heavy atom. The normalized spacial score (nSPS) is 22.3. The smallest absolute Gasteiger partial charge is 0.163 e. The zero-order chi connectivity index (χ0) is 18.0. The highest BCUT2D eigenvalue weighted by Gasteiger charge is 2.45. The van der Waals surface area contributed by atoms with Gasteiger partial charge in [0.15, 0.2) is 6.29 Å². The number of benzene rings is 1. The van der Waals surface area contributed by atoms with E-state index in [1.807, 2.05) is 0 Å². The van der Waals surface area contributed by atoms with E-state index in [0.717, 1.165) is 43.8 Å². The van der Waals surface area contributed by atoms with Crippen LogP contribution in [0.4, 0.5) is 0 Å². The van der Waals surface area contributed by atoms with Crippen molar-refractivity contribution in [3.8, 4) is 0 Å². The van der Waals surface area contributed by atoms with E-state index in [0.29, 0.717) is 0 Å². The van der Waals surface area contributed by atoms with Crippen LogP contribution < -0.4 is 0 Å². The van der Waals surface area contributed by atoms with Gasteiger partial charge in [0.2, 0.25) is 0 Å². The van der Waals surface area contributed by atoms with Crippen molar-refractivity contribution < 1.29 is 9.47 Å². The van der Waals surface area contributed by atoms with Gasteiger partial charge in [-0.2, -0.15) is 4.91 Å². The molecule has 6 heteroatoms. The van der Waals surface area contributed by atoms with Crippen LogP contribution in [0.3, 0.4) is 0 Å². The summed E-state index contributed by atoms with van der Waals surface area (Å²) in [6.07, 6.45) is 2.43. The summed E-state index contributed by atoms with van der Waals surface area (Å²) in [4.78, 5) is 15.5. The molecule has 0 saturated carbocycles. The third-order valence-electron chi connectivity index (χ3n) is 5.46. The van der Waals surface area contributed by atoms with E-state index < -0.39 is 0 Å². The molecule has 26 heavy (non-hydrogen) atoms. The predicted octanol–water partition coefficient (Wildman–Crippen LogP) is 4.05. The highest BCUT2D eigenvalue weighted by atomic mass is 32.1. The van der Waals surface area contributed by atoms with Crippen molar-refractivity contribution in [1.82, 2.24) is 4.90 Å². The molecule has 1 saturated heterocycles. The van der Waals surface area contributed by atoms with E-state index in [1.54, 1.807) is 18.4 Å². The molecule has 0 N–H and O–H groups in total. The summed E-state index contributed by atoms with van der Waals surface area (Å²) < 4.78 is 12.0. The molecule has 2 aliphatic heterocycles. The Morgan fingerprint density at radius 3 is 2.77 bits per heavy atom. The molecule has 1 spiro atoms. The van der Waals surface area contributed by atoms with Gasteiger partial charge in [-0.05, 0) is 30.0 Å². The zero-order valence-corrected chi connectivity index (χ0v) is 15.8. The Labute approximate surface area is 157 Å². The van der Waals surface area contributed by atoms with Gasteiger partial charge in [0.05, 0.1) is 5.60 Å². The highest BCUT2D eigenvalue weighted by molar-refractivity contribution is 7.12. The number of nitroso groups, excluding NO2 is 1. The van der Waals surface area contributed by atoms with Gasteiger partial charge in [0.1, 0.15) is 6.54 Å². The maximum Gasteiger partial charge on any atom is 0.163 e. The van der Waals surface area contributed by atoms with Gasteiger partial charge in [-0.25, -0.2) is 0 Å². The Morgan fingerprint density at radius 1 is 1.31 bits per heavy atom. The van der Waals surface area contributed by atoms with Crippen LogP contribution in [0.2, 0.25) is 0 Å². The molecule has 1 atom stereocenters. The van der Waals surface area contributed by atoms with Gasteiger partial charge < -0.3 is 9.47 Å². The van der Waals surface area contributed by atoms with Crippen LogP contribution in [0.25, 0.3) is 0 Å². The lowest BCUT2D eigenvalue weighted by atomic mass is 9.82. The molecular weight excluding hydrogens is 348 g/mol. The minimum absolute atomic E-state index is 0.209. The molecule has 3 heterocycles. The van der Waals surface area contributed by atoms with Crippen molar-refractivity contribution in [3.63, 3.8) is 0 Å². The van der Waals surface area contributed by atoms with Crippen molar-refractivity contribution in [2.24, 2.45) is 5.18 Å². The van der Waals surface area contributed by atoms with Crippen LogP contribution in [0.15, 0.2) is 41.6 Å². The van der Waals surface area contributed by atoms with Gasteiger partial charge in [-0.1, -0.05) is 35.5 Å². The molecule has 2 aliphatic rings. The lowest BCUT2D eigenvalue weighted by molar-refractivity contribution is -0.226. The molecule has 5 nitrogen and oxygen atoms in total. The minimum Gasteiger partial charge on any atom is -0.355 e. The summed E-state index contributed by atoms with van der Waals surface area (Å²) in [7, 11) is 1.70. The number of nitrogens with zero attached hydrogens (tertiary/aromatic N) is 2. The van der Waals surface area contributed by atoms with Crippen LogP contribution in [0.1, 0.15) is 33.7 Å². The quantitative estimate of drug-likeness (QED) is 0.743. The molecule has 1 aromatic heterocycles. The largest absolute Gasteiger partial charge is 0.355 e. The molecule has 0 radical (unpaired) electrons. The number of ether oxygens (including phenoxy) is 2. The predicted molar refractivity (Wildman–Crippen MR) is 102 cm³/mol. The van der Waals surface area contributed by atoms with Crippen molar-refractivity contribution >= 4 is 11.3 Å². The number of methoxy groups -OCH3 is 1. The molecule has 0 amide bonds. The van der Waals surface area contributed by atoms with Gasteiger partial charge >= 0.3 is 0 Å². The average molecular weight is 372 g/mol. The first kappa shape index (κ1) is 17.8. The SMILES string of the molecule is COC1Cc2sc(CN=O)cc2C2(CCN(Cc3ccccc3)CC2)O1. The van der Waals surface area contributed by atoms with E-state index in [2.05, 4.69) is 46.5 Å². The van der Waals surface area contributed by atoms with Crippen LogP contribution in [-0.2, 0) is 34.6 Å². The van der Waals surface area contributed by atoms with E-state index >= 15 is 0 Å². The van der Waals surface area contributed by atoms with Crippen LogP contribution in [0.5, 0.6) is 0 Å². The van der Waals surface area contributed by atoms with Crippen molar-refractivity contribution in [1.29, 1.82) is 0 Å². The van der Waals surface area contributed by atoms with E-state index in [9.17, 15) is 4.91 Å². The van der Waals surface area contributed by atoms with Crippen molar-refractivity contribution in [2.75, 3.05) is 20.2 Å². The number of hydrogen-bond donors (Lipinski definition) is 0. The number of rotatable bonds is 5. The third-order valence-corrected chi connectivity index (χ3v) is 6.60. The van der Waals surface area contributed by atoms with Gasteiger partial charge in [-0.3, -0.25) is 4.90 Å². The van der Waals surface area contributed by atoms with Gasteiger partial charge in [-0.15, -0.1) is 11.3 Å². The Balaban J connectivity index is 1.52. The van der Waals surface area contributed by atoms with Crippen LogP contribution in [-0.4, -0.2) is 31.4 Å². The fourth-order valence-corrected chi connectivity index (χ4v) is 5.29. The lowest BCUT2D eigenvalue weighted by Crippen LogP contribution is -2.48. The highest BCUT2D eigenvalue weighted by Crippen LogP contribution is 2.46. The fourth-order valence-electron chi connectivity index (χ4n) is 4.10. The molecule has 2 aromatic rings. The number of fused-ring (bicyclic) bond motifs is 2. The molecule has 4 rings (SSSR count). The molecule has 1 aromatic carbocycles. The number of likely N-dealkylation sites (tertiary alicyclic amines) is 1. The summed E-state index contributed by atoms with van der Waals surface area (Å²) in [5.74, 6) is 0. The lowest BCUT2D eigenvalue weighted by Gasteiger charge is -2.46. The maximum atomic E-state index is 10.7. The standard InChI is InChI=1S/C20H24N2O3S/c1-24-19-12-18-17(11-16(26-18)13-21-23)20(25-19)7-9-22(10-8-20)14-15-5-3-2-4-6-15/h2-6,11,19H,7-10,12-14H2,1H3. The Bertz CT molecular complexity index is 754. The number of piperidine rings is 1. The third kappa shape index (κ3) is 3.47. The van der Waals surface area contributed by atoms with E-state index in [-0.39, 0.29) is 18.4 Å². The summed E-state index contributed by atoms with van der Waals surface area (Å²) in [6.45, 7) is 3.19. The summed E-state index contributed by atoms with van der Waals surface area (Å²) >= 11 is 1.68. The molecular formula is C20H24N2O3S. The molecule has 138 valence electrons. The van der Waals surface area contributed by atoms with Gasteiger partial charge in [0.25, 0.3) is 0 Å². The van der Waals surface area contributed by atoms with E-state index in [4.69, 9.17) is 9.47 Å². The molecule has 1 unspecified atom stereocenters. The Hall–Kier alpha value is -1.60. The first-order valence-corrected chi connectivity index (χ1v) is 9.92. The summed E-state index contributed by atoms with van der Waals surface area (Å²) in [5.41, 5.74) is 2.31. The maximum absolute atomic E-state index is 10.7. The average Bonchev–Trinajstić information content (AvgIpc) is 3.08. The number of thiophene rings is 1. The second-order valence-corrected chi connectivity index (χ2v) is 8.30. The molecule has 0 bridgehead atoms. The molecule has 0 aliphatic carbocycles. The Kier molecular flexibility index (Phi) is 5.18. The second-order valence-electron chi connectivity index (χ2n) is 7.08. The topological polar surface area (TPSA) is 51.1 Å². The second kappa shape index (κ2) is 7.56. The fraction of sp³-hybridized carbons (Fsp3) is 0.500. The van der Waals surface area contributed by atoms with Crippen molar-refractivity contribution in [2.45, 2.75) is 44.2 Å². The number of hydrogen-bond acceptors (Lipinski definition) is 6.